The van der Waals surface area contributed by atoms with E-state index in [-0.39, 0.29) is 18.0 Å². The number of rotatable bonds is 5. The topological polar surface area (TPSA) is 91.5 Å². The van der Waals surface area contributed by atoms with Gasteiger partial charge in [0.05, 0.1) is 19.3 Å². The van der Waals surface area contributed by atoms with E-state index >= 15 is 0 Å². The first-order valence-electron chi connectivity index (χ1n) is 8.54. The Morgan fingerprint density at radius 2 is 1.88 bits per heavy atom. The Morgan fingerprint density at radius 1 is 1.19 bits per heavy atom. The summed E-state index contributed by atoms with van der Waals surface area (Å²) < 4.78 is 5.76. The number of nitrogens with one attached hydrogen (secondary N) is 3. The van der Waals surface area contributed by atoms with Crippen LogP contribution in [-0.2, 0) is 11.3 Å². The molecule has 0 saturated heterocycles. The van der Waals surface area contributed by atoms with Gasteiger partial charge in [-0.05, 0) is 27.7 Å². The summed E-state index contributed by atoms with van der Waals surface area (Å²) in [6, 6.07) is 8.07. The quantitative estimate of drug-likeness (QED) is 0.564. The highest BCUT2D eigenvalue weighted by atomic mass is 16.4. The number of carbonyl (C=O) groups excluding carboxylic acids is 1. The Hall–Kier alpha value is -2.83. The van der Waals surface area contributed by atoms with Crippen LogP contribution in [0.3, 0.4) is 0 Å². The Morgan fingerprint density at radius 3 is 2.50 bits per heavy atom. The minimum atomic E-state index is -0.264. The zero-order valence-electron chi connectivity index (χ0n) is 16.0. The molecule has 7 heteroatoms. The molecule has 0 unspecified atom stereocenters. The minimum absolute atomic E-state index is 0.0989. The summed E-state index contributed by atoms with van der Waals surface area (Å²) in [5, 5.41) is 8.93. The van der Waals surface area contributed by atoms with Crippen molar-refractivity contribution in [2.75, 3.05) is 13.6 Å². The van der Waals surface area contributed by atoms with Gasteiger partial charge >= 0.3 is 0 Å². The molecule has 140 valence electrons. The van der Waals surface area contributed by atoms with Crippen LogP contribution in [0, 0.1) is 6.92 Å². The molecule has 2 aromatic rings. The number of guanidine groups is 1. The molecule has 1 aromatic carbocycles. The first kappa shape index (κ1) is 19.5. The monoisotopic (exact) mass is 357 g/mol. The second-order valence-electron chi connectivity index (χ2n) is 7.06. The molecule has 1 aromatic heterocycles. The molecule has 0 spiro atoms. The molecule has 0 bridgehead atoms. The average molecular weight is 357 g/mol. The lowest BCUT2D eigenvalue weighted by atomic mass is 10.1. The number of amides is 1. The highest BCUT2D eigenvalue weighted by Gasteiger charge is 2.14. The van der Waals surface area contributed by atoms with Crippen molar-refractivity contribution in [1.82, 2.24) is 20.9 Å². The van der Waals surface area contributed by atoms with Crippen molar-refractivity contribution in [3.63, 3.8) is 0 Å². The molecule has 0 atom stereocenters. The van der Waals surface area contributed by atoms with Gasteiger partial charge in [-0.3, -0.25) is 9.79 Å². The van der Waals surface area contributed by atoms with E-state index in [0.717, 1.165) is 5.56 Å². The molecule has 0 aliphatic heterocycles. The molecule has 1 heterocycles. The van der Waals surface area contributed by atoms with Gasteiger partial charge in [-0.15, -0.1) is 0 Å². The van der Waals surface area contributed by atoms with Crippen molar-refractivity contribution in [3.05, 3.63) is 41.9 Å². The predicted molar refractivity (Wildman–Crippen MR) is 103 cm³/mol. The summed E-state index contributed by atoms with van der Waals surface area (Å²) in [5.41, 5.74) is 1.91. The third-order valence-corrected chi connectivity index (χ3v) is 3.45. The third kappa shape index (κ3) is 6.23. The molecule has 0 aliphatic carbocycles. The average Bonchev–Trinajstić information content (AvgIpc) is 3.03. The van der Waals surface area contributed by atoms with Crippen molar-refractivity contribution < 1.29 is 9.21 Å². The summed E-state index contributed by atoms with van der Waals surface area (Å²) in [6.45, 7) is 8.36. The third-order valence-electron chi connectivity index (χ3n) is 3.45. The number of benzene rings is 1. The van der Waals surface area contributed by atoms with Crippen LogP contribution in [0.15, 0.2) is 39.9 Å². The summed E-state index contributed by atoms with van der Waals surface area (Å²) >= 11 is 0. The van der Waals surface area contributed by atoms with Gasteiger partial charge in [0.1, 0.15) is 0 Å². The van der Waals surface area contributed by atoms with E-state index < -0.39 is 0 Å². The highest BCUT2D eigenvalue weighted by molar-refractivity contribution is 5.86. The fourth-order valence-corrected chi connectivity index (χ4v) is 2.25. The van der Waals surface area contributed by atoms with Gasteiger partial charge < -0.3 is 20.4 Å². The molecule has 0 radical (unpaired) electrons. The normalized spacial score (nSPS) is 12.0. The van der Waals surface area contributed by atoms with Crippen LogP contribution >= 0.6 is 0 Å². The molecule has 26 heavy (non-hydrogen) atoms. The highest BCUT2D eigenvalue weighted by Crippen LogP contribution is 2.20. The van der Waals surface area contributed by atoms with Crippen molar-refractivity contribution in [3.8, 4) is 11.3 Å². The van der Waals surface area contributed by atoms with Crippen LogP contribution in [0.4, 0.5) is 0 Å². The van der Waals surface area contributed by atoms with Crippen LogP contribution in [0.2, 0.25) is 0 Å². The van der Waals surface area contributed by atoms with E-state index in [1.807, 2.05) is 52.0 Å². The molecule has 3 N–H and O–H groups in total. The van der Waals surface area contributed by atoms with Gasteiger partial charge in [0, 0.05) is 18.2 Å². The van der Waals surface area contributed by atoms with Crippen molar-refractivity contribution in [2.45, 2.75) is 39.8 Å². The number of hydrogen-bond donors (Lipinski definition) is 3. The molecular formula is C19H27N5O2. The number of carbonyl (C=O) groups is 1. The molecule has 7 nitrogen and oxygen atoms in total. The minimum Gasteiger partial charge on any atom is -0.439 e. The molecule has 0 saturated carbocycles. The standard InChI is InChI=1S/C19H27N5O2/c1-13-6-8-14(9-7-13)15-10-21-17(26-15)12-23-18(20-5)22-11-16(25)24-19(2,3)4/h6-10H,11-12H2,1-5H3,(H,24,25)(H2,20,22,23). The number of oxazole rings is 1. The van der Waals surface area contributed by atoms with Crippen LogP contribution < -0.4 is 16.0 Å². The van der Waals surface area contributed by atoms with E-state index in [2.05, 4.69) is 25.9 Å². The van der Waals surface area contributed by atoms with Crippen LogP contribution in [0.5, 0.6) is 0 Å². The SMILES string of the molecule is CN=C(NCC(=O)NC(C)(C)C)NCc1ncc(-c2ccc(C)cc2)o1. The zero-order valence-corrected chi connectivity index (χ0v) is 16.0. The maximum atomic E-state index is 11.9. The number of aliphatic imine (C=N–C) groups is 1. The van der Waals surface area contributed by atoms with Gasteiger partial charge in [-0.25, -0.2) is 4.98 Å². The van der Waals surface area contributed by atoms with Crippen LogP contribution in [0.1, 0.15) is 32.2 Å². The Balaban J connectivity index is 1.85. The van der Waals surface area contributed by atoms with Crippen LogP contribution in [-0.4, -0.2) is 36.0 Å². The largest absolute Gasteiger partial charge is 0.439 e. The maximum absolute atomic E-state index is 11.9. The van der Waals surface area contributed by atoms with E-state index in [0.29, 0.717) is 24.2 Å². The maximum Gasteiger partial charge on any atom is 0.239 e. The van der Waals surface area contributed by atoms with Gasteiger partial charge in [-0.1, -0.05) is 29.8 Å². The zero-order chi connectivity index (χ0) is 19.2. The number of nitrogens with zero attached hydrogens (tertiary/aromatic N) is 2. The fraction of sp³-hybridized carbons (Fsp3) is 0.421. The second kappa shape index (κ2) is 8.51. The smallest absolute Gasteiger partial charge is 0.239 e. The number of aryl methyl sites for hydroxylation is 1. The van der Waals surface area contributed by atoms with Crippen molar-refractivity contribution >= 4 is 11.9 Å². The summed E-state index contributed by atoms with van der Waals surface area (Å²) in [4.78, 5) is 20.2. The molecule has 0 fully saturated rings. The predicted octanol–water partition coefficient (Wildman–Crippen LogP) is 2.23. The number of hydrogen-bond acceptors (Lipinski definition) is 4. The first-order valence-corrected chi connectivity index (χ1v) is 8.54. The van der Waals surface area contributed by atoms with Gasteiger partial charge in [0.15, 0.2) is 11.7 Å². The van der Waals surface area contributed by atoms with Gasteiger partial charge in [0.2, 0.25) is 11.8 Å². The Bertz CT molecular complexity index is 757. The second-order valence-corrected chi connectivity index (χ2v) is 7.06. The molecule has 1 amide bonds. The van der Waals surface area contributed by atoms with E-state index in [1.165, 1.54) is 5.56 Å². The lowest BCUT2D eigenvalue weighted by Gasteiger charge is -2.21. The van der Waals surface area contributed by atoms with Crippen molar-refractivity contribution in [2.24, 2.45) is 4.99 Å². The van der Waals surface area contributed by atoms with E-state index in [1.54, 1.807) is 13.2 Å². The lowest BCUT2D eigenvalue weighted by molar-refractivity contribution is -0.121. The van der Waals surface area contributed by atoms with Gasteiger partial charge in [0.25, 0.3) is 0 Å². The Kier molecular flexibility index (Phi) is 6.38. The summed E-state index contributed by atoms with van der Waals surface area (Å²) in [5.74, 6) is 1.67. The van der Waals surface area contributed by atoms with E-state index in [4.69, 9.17) is 4.42 Å². The van der Waals surface area contributed by atoms with Crippen LogP contribution in [0.25, 0.3) is 11.3 Å². The fourth-order valence-electron chi connectivity index (χ4n) is 2.25. The summed E-state index contributed by atoms with van der Waals surface area (Å²) in [6.07, 6.45) is 1.70. The summed E-state index contributed by atoms with van der Waals surface area (Å²) in [7, 11) is 1.64. The van der Waals surface area contributed by atoms with E-state index in [9.17, 15) is 4.79 Å². The number of aromatic nitrogens is 1. The molecule has 2 rings (SSSR count). The van der Waals surface area contributed by atoms with Gasteiger partial charge in [-0.2, -0.15) is 0 Å². The van der Waals surface area contributed by atoms with Crippen molar-refractivity contribution in [1.29, 1.82) is 0 Å². The lowest BCUT2D eigenvalue weighted by Crippen LogP contribution is -2.48. The first-order chi connectivity index (χ1) is 12.3. The molecular weight excluding hydrogens is 330 g/mol. The molecule has 0 aliphatic rings. The Labute approximate surface area is 154 Å².